The second-order valence-corrected chi connectivity index (χ2v) is 9.42. The monoisotopic (exact) mass is 472 g/mol. The summed E-state index contributed by atoms with van der Waals surface area (Å²) in [6.07, 6.45) is 0. The Bertz CT molecular complexity index is 1110. The molecule has 0 atom stereocenters. The molecule has 5 nitrogen and oxygen atoms in total. The predicted molar refractivity (Wildman–Crippen MR) is 120 cm³/mol. The lowest BCUT2D eigenvalue weighted by molar-refractivity contribution is -0.114. The molecular formula is C22H21BrN2O3S. The first-order chi connectivity index (χ1) is 13.8. The smallest absolute Gasteiger partial charge is 0.264 e. The number of sulfonamides is 1. The minimum atomic E-state index is -3.92. The van der Waals surface area contributed by atoms with Crippen LogP contribution in [0.25, 0.3) is 0 Å². The zero-order valence-corrected chi connectivity index (χ0v) is 18.5. The van der Waals surface area contributed by atoms with Gasteiger partial charge in [-0.1, -0.05) is 36.4 Å². The van der Waals surface area contributed by atoms with Gasteiger partial charge < -0.3 is 5.32 Å². The predicted octanol–water partition coefficient (Wildman–Crippen LogP) is 4.90. The van der Waals surface area contributed by atoms with Gasteiger partial charge in [0, 0.05) is 4.47 Å². The van der Waals surface area contributed by atoms with Gasteiger partial charge in [-0.15, -0.1) is 0 Å². The van der Waals surface area contributed by atoms with Crippen molar-refractivity contribution in [3.63, 3.8) is 0 Å². The Morgan fingerprint density at radius 2 is 1.52 bits per heavy atom. The topological polar surface area (TPSA) is 66.5 Å². The van der Waals surface area contributed by atoms with Gasteiger partial charge in [0.25, 0.3) is 10.0 Å². The molecule has 0 heterocycles. The van der Waals surface area contributed by atoms with E-state index < -0.39 is 15.9 Å². The maximum atomic E-state index is 13.3. The fourth-order valence-electron chi connectivity index (χ4n) is 3.01. The number of hydrogen-bond acceptors (Lipinski definition) is 3. The molecule has 0 spiro atoms. The average molecular weight is 473 g/mol. The number of para-hydroxylation sites is 1. The van der Waals surface area contributed by atoms with Crippen molar-refractivity contribution in [1.29, 1.82) is 0 Å². The van der Waals surface area contributed by atoms with Crippen LogP contribution in [0.15, 0.2) is 82.2 Å². The molecule has 0 unspecified atom stereocenters. The molecule has 29 heavy (non-hydrogen) atoms. The molecule has 0 bridgehead atoms. The molecule has 150 valence electrons. The minimum absolute atomic E-state index is 0.132. The summed E-state index contributed by atoms with van der Waals surface area (Å²) in [5.41, 5.74) is 2.86. The Morgan fingerprint density at radius 1 is 0.931 bits per heavy atom. The van der Waals surface area contributed by atoms with E-state index >= 15 is 0 Å². The fourth-order valence-corrected chi connectivity index (χ4v) is 4.82. The molecule has 1 amide bonds. The van der Waals surface area contributed by atoms with Gasteiger partial charge >= 0.3 is 0 Å². The van der Waals surface area contributed by atoms with Crippen LogP contribution < -0.4 is 9.62 Å². The van der Waals surface area contributed by atoms with Crippen molar-refractivity contribution < 1.29 is 13.2 Å². The number of hydrogen-bond donors (Lipinski definition) is 1. The summed E-state index contributed by atoms with van der Waals surface area (Å²) in [5.74, 6) is -0.435. The van der Waals surface area contributed by atoms with Gasteiger partial charge in [-0.2, -0.15) is 0 Å². The number of nitrogens with one attached hydrogen (secondary N) is 1. The molecule has 0 radical (unpaired) electrons. The van der Waals surface area contributed by atoms with Gasteiger partial charge in [0.15, 0.2) is 0 Å². The first-order valence-electron chi connectivity index (χ1n) is 8.98. The summed E-state index contributed by atoms with van der Waals surface area (Å²) in [6, 6.07) is 20.8. The van der Waals surface area contributed by atoms with E-state index in [1.54, 1.807) is 48.5 Å². The molecule has 3 aromatic carbocycles. The lowest BCUT2D eigenvalue weighted by atomic mass is 10.1. The summed E-state index contributed by atoms with van der Waals surface area (Å²) >= 11 is 3.38. The third-order valence-corrected chi connectivity index (χ3v) is 6.74. The molecular weight excluding hydrogens is 452 g/mol. The summed E-state index contributed by atoms with van der Waals surface area (Å²) in [5, 5.41) is 2.77. The number of aryl methyl sites for hydroxylation is 2. The Kier molecular flexibility index (Phi) is 6.39. The van der Waals surface area contributed by atoms with Gasteiger partial charge in [-0.25, -0.2) is 8.42 Å². The lowest BCUT2D eigenvalue weighted by Crippen LogP contribution is -2.38. The molecule has 0 aliphatic carbocycles. The van der Waals surface area contributed by atoms with Crippen LogP contribution in [0.2, 0.25) is 0 Å². The van der Waals surface area contributed by atoms with Crippen LogP contribution in [-0.4, -0.2) is 20.9 Å². The number of anilines is 2. The molecule has 0 fully saturated rings. The zero-order valence-electron chi connectivity index (χ0n) is 16.1. The van der Waals surface area contributed by atoms with E-state index in [1.165, 1.54) is 12.1 Å². The van der Waals surface area contributed by atoms with Gasteiger partial charge in [0.05, 0.1) is 16.3 Å². The lowest BCUT2D eigenvalue weighted by Gasteiger charge is -2.25. The second-order valence-electron chi connectivity index (χ2n) is 6.70. The standard InChI is InChI=1S/C22H21BrN2O3S/c1-16-12-17(2)14-18(13-16)25(29(27,28)19-8-4-3-5-9-19)15-22(26)24-21-11-7-6-10-20(21)23/h3-14H,15H2,1-2H3,(H,24,26). The van der Waals surface area contributed by atoms with Crippen molar-refractivity contribution in [3.05, 3.63) is 88.4 Å². The van der Waals surface area contributed by atoms with E-state index in [4.69, 9.17) is 0 Å². The van der Waals surface area contributed by atoms with E-state index in [2.05, 4.69) is 21.2 Å². The normalized spacial score (nSPS) is 11.1. The summed E-state index contributed by atoms with van der Waals surface area (Å²) in [7, 11) is -3.92. The second kappa shape index (κ2) is 8.80. The molecule has 1 N–H and O–H groups in total. The average Bonchev–Trinajstić information content (AvgIpc) is 2.68. The molecule has 0 aliphatic heterocycles. The zero-order chi connectivity index (χ0) is 21.0. The first kappa shape index (κ1) is 21.1. The van der Waals surface area contributed by atoms with Gasteiger partial charge in [-0.3, -0.25) is 9.10 Å². The summed E-state index contributed by atoms with van der Waals surface area (Å²) in [6.45, 7) is 3.44. The number of halogens is 1. The first-order valence-corrected chi connectivity index (χ1v) is 11.2. The minimum Gasteiger partial charge on any atom is -0.323 e. The highest BCUT2D eigenvalue weighted by atomic mass is 79.9. The van der Waals surface area contributed by atoms with E-state index in [1.807, 2.05) is 26.0 Å². The molecule has 7 heteroatoms. The van der Waals surface area contributed by atoms with Crippen molar-refractivity contribution in [1.82, 2.24) is 0 Å². The maximum absolute atomic E-state index is 13.3. The van der Waals surface area contributed by atoms with Crippen LogP contribution in [0.4, 0.5) is 11.4 Å². The highest BCUT2D eigenvalue weighted by molar-refractivity contribution is 9.10. The Labute approximate surface area is 179 Å². The molecule has 0 saturated heterocycles. The number of carbonyl (C=O) groups is 1. The highest BCUT2D eigenvalue weighted by Crippen LogP contribution is 2.26. The van der Waals surface area contributed by atoms with E-state index in [0.29, 0.717) is 11.4 Å². The highest BCUT2D eigenvalue weighted by Gasteiger charge is 2.27. The molecule has 3 aromatic rings. The summed E-state index contributed by atoms with van der Waals surface area (Å²) < 4.78 is 28.6. The van der Waals surface area contributed by atoms with E-state index in [-0.39, 0.29) is 11.4 Å². The van der Waals surface area contributed by atoms with E-state index in [0.717, 1.165) is 19.9 Å². The van der Waals surface area contributed by atoms with Crippen LogP contribution >= 0.6 is 15.9 Å². The molecule has 0 aliphatic rings. The van der Waals surface area contributed by atoms with Crippen LogP contribution in [0, 0.1) is 13.8 Å². The molecule has 0 aromatic heterocycles. The maximum Gasteiger partial charge on any atom is 0.264 e. The molecule has 0 saturated carbocycles. The number of carbonyl (C=O) groups excluding carboxylic acids is 1. The summed E-state index contributed by atoms with van der Waals surface area (Å²) in [4.78, 5) is 12.9. The number of rotatable bonds is 6. The number of benzene rings is 3. The van der Waals surface area contributed by atoms with Crippen LogP contribution in [0.5, 0.6) is 0 Å². The fraction of sp³-hybridized carbons (Fsp3) is 0.136. The van der Waals surface area contributed by atoms with Crippen LogP contribution in [-0.2, 0) is 14.8 Å². The molecule has 3 rings (SSSR count). The largest absolute Gasteiger partial charge is 0.323 e. The van der Waals surface area contributed by atoms with Crippen molar-refractivity contribution in [2.24, 2.45) is 0 Å². The van der Waals surface area contributed by atoms with Gasteiger partial charge in [0.1, 0.15) is 6.54 Å². The number of nitrogens with zero attached hydrogens (tertiary/aromatic N) is 1. The quantitative estimate of drug-likeness (QED) is 0.554. The number of amides is 1. The van der Waals surface area contributed by atoms with Crippen molar-refractivity contribution >= 4 is 43.2 Å². The van der Waals surface area contributed by atoms with Crippen LogP contribution in [0.3, 0.4) is 0 Å². The van der Waals surface area contributed by atoms with Crippen molar-refractivity contribution in [2.75, 3.05) is 16.2 Å². The SMILES string of the molecule is Cc1cc(C)cc(N(CC(=O)Nc2ccccc2Br)S(=O)(=O)c2ccccc2)c1. The third kappa shape index (κ3) is 5.05. The Hall–Kier alpha value is -2.64. The van der Waals surface area contributed by atoms with Crippen molar-refractivity contribution in [3.8, 4) is 0 Å². The van der Waals surface area contributed by atoms with Crippen LogP contribution in [0.1, 0.15) is 11.1 Å². The van der Waals surface area contributed by atoms with E-state index in [9.17, 15) is 13.2 Å². The third-order valence-electron chi connectivity index (χ3n) is 4.26. The van der Waals surface area contributed by atoms with Gasteiger partial charge in [-0.05, 0) is 77.3 Å². The van der Waals surface area contributed by atoms with Crippen molar-refractivity contribution in [2.45, 2.75) is 18.7 Å². The Morgan fingerprint density at radius 3 is 2.14 bits per heavy atom. The Balaban J connectivity index is 1.99. The van der Waals surface area contributed by atoms with Gasteiger partial charge in [0.2, 0.25) is 5.91 Å².